The molecule has 0 spiro atoms. The summed E-state index contributed by atoms with van der Waals surface area (Å²) in [5.74, 6) is -1.64. The summed E-state index contributed by atoms with van der Waals surface area (Å²) in [4.78, 5) is 57.5. The van der Waals surface area contributed by atoms with Gasteiger partial charge in [0.25, 0.3) is 0 Å². The summed E-state index contributed by atoms with van der Waals surface area (Å²) in [6.45, 7) is 18.3. The van der Waals surface area contributed by atoms with Crippen LogP contribution in [0, 0.1) is 23.5 Å². The van der Waals surface area contributed by atoms with E-state index in [9.17, 15) is 49.5 Å². The molecule has 2 aromatic rings. The Labute approximate surface area is 437 Å². The molecule has 24 heteroatoms. The van der Waals surface area contributed by atoms with Crippen molar-refractivity contribution in [3.8, 4) is 0 Å². The summed E-state index contributed by atoms with van der Waals surface area (Å²) in [5.41, 5.74) is -4.18. The molecule has 2 atom stereocenters. The number of halogens is 5. The molecule has 4 heterocycles. The van der Waals surface area contributed by atoms with Gasteiger partial charge in [-0.1, -0.05) is 30.3 Å². The maximum atomic E-state index is 13.2. The Morgan fingerprint density at radius 2 is 1.04 bits per heavy atom. The number of carbonyl (C=O) groups is 4. The van der Waals surface area contributed by atoms with Gasteiger partial charge in [0.1, 0.15) is 40.7 Å². The molecule has 2 fully saturated rings. The first kappa shape index (κ1) is 62.2. The fourth-order valence-electron chi connectivity index (χ4n) is 8.86. The van der Waals surface area contributed by atoms with Crippen molar-refractivity contribution in [1.29, 1.82) is 0 Å². The van der Waals surface area contributed by atoms with Crippen LogP contribution in [-0.2, 0) is 42.8 Å². The van der Waals surface area contributed by atoms with Crippen molar-refractivity contribution in [2.75, 3.05) is 65.6 Å². The Bertz CT molecular complexity index is 2360. The normalized spacial score (nSPS) is 18.3. The van der Waals surface area contributed by atoms with Gasteiger partial charge in [0.15, 0.2) is 0 Å². The molecule has 6 rings (SSSR count). The van der Waals surface area contributed by atoms with Gasteiger partial charge in [0.05, 0.1) is 13.2 Å². The molecule has 0 aliphatic carbocycles. The molecule has 4 aliphatic rings. The Morgan fingerprint density at radius 1 is 0.640 bits per heavy atom. The quantitative estimate of drug-likeness (QED) is 0.0548. The number of piperidine rings is 2. The van der Waals surface area contributed by atoms with E-state index in [1.807, 2.05) is 27.7 Å². The van der Waals surface area contributed by atoms with E-state index >= 15 is 0 Å². The van der Waals surface area contributed by atoms with Crippen LogP contribution >= 0.6 is 0 Å². The van der Waals surface area contributed by atoms with Gasteiger partial charge >= 0.3 is 46.9 Å². The van der Waals surface area contributed by atoms with E-state index in [0.717, 1.165) is 31.4 Å². The van der Waals surface area contributed by atoms with Gasteiger partial charge in [-0.15, -0.1) is 0 Å². The minimum absolute atomic E-state index is 0.0263. The zero-order valence-electron chi connectivity index (χ0n) is 43.9. The molecule has 75 heavy (non-hydrogen) atoms. The summed E-state index contributed by atoms with van der Waals surface area (Å²) in [7, 11) is -7.25. The van der Waals surface area contributed by atoms with Crippen molar-refractivity contribution in [2.45, 2.75) is 123 Å². The standard InChI is InChI=1S/C25H35FN2O4.C20H31F3N2O7S.C6H6BFO2/c1-5-31-23(29)22(20-12-16-28(17-13-20)24(30)32-25(2,3)4)27-14-10-19(11-15-27)18-6-8-21(26)9-7-18;1-5-30-17(26)16(14-6-10-25(11-7-14)18(27)31-19(2,3)4)24-12-8-15(9-13-24)32-33(28,29)20(21,22)23;8-6-3-1-5(2-4-6)7(9)10/h6-10,20,22H,5,11-17H2,1-4H3;8,14,16H,5-7,9-13H2,1-4H3;1-4,9-10H. The number of carbonyl (C=O) groups excluding carboxylic acids is 4. The van der Waals surface area contributed by atoms with E-state index in [0.29, 0.717) is 57.6 Å². The Morgan fingerprint density at radius 3 is 1.37 bits per heavy atom. The first-order valence-electron chi connectivity index (χ1n) is 25.1. The summed E-state index contributed by atoms with van der Waals surface area (Å²) < 4.78 is 111. The monoisotopic (exact) mass is 1090 g/mol. The van der Waals surface area contributed by atoms with Crippen LogP contribution in [0.1, 0.15) is 99.5 Å². The Kier molecular flexibility index (Phi) is 23.0. The number of hydrogen-bond donors (Lipinski definition) is 2. The third-order valence-electron chi connectivity index (χ3n) is 12.4. The second-order valence-electron chi connectivity index (χ2n) is 20.3. The third kappa shape index (κ3) is 19.7. The van der Waals surface area contributed by atoms with Crippen LogP contribution in [0.4, 0.5) is 31.5 Å². The minimum atomic E-state index is -5.74. The lowest BCUT2D eigenvalue weighted by Gasteiger charge is -2.41. The first-order chi connectivity index (χ1) is 35.0. The zero-order chi connectivity index (χ0) is 55.9. The van der Waals surface area contributed by atoms with E-state index in [4.69, 9.17) is 29.0 Å². The average molecular weight is 1090 g/mol. The zero-order valence-corrected chi connectivity index (χ0v) is 44.8. The van der Waals surface area contributed by atoms with Crippen molar-refractivity contribution in [3.63, 3.8) is 0 Å². The Balaban J connectivity index is 0.000000274. The lowest BCUT2D eigenvalue weighted by molar-refractivity contribution is -0.153. The molecule has 0 saturated carbocycles. The number of hydrogen-bond acceptors (Lipinski definition) is 15. The van der Waals surface area contributed by atoms with E-state index < -0.39 is 52.1 Å². The lowest BCUT2D eigenvalue weighted by Crippen LogP contribution is -2.52. The highest BCUT2D eigenvalue weighted by molar-refractivity contribution is 7.87. The van der Waals surface area contributed by atoms with Gasteiger partial charge in [-0.25, -0.2) is 18.4 Å². The molecule has 0 radical (unpaired) electrons. The average Bonchev–Trinajstić information content (AvgIpc) is 3.32. The Hall–Kier alpha value is -5.30. The molecule has 0 aromatic heterocycles. The molecule has 418 valence electrons. The van der Waals surface area contributed by atoms with Crippen LogP contribution in [0.5, 0.6) is 0 Å². The smallest absolute Gasteiger partial charge is 0.465 e. The van der Waals surface area contributed by atoms with Gasteiger partial charge in [0, 0.05) is 58.8 Å². The van der Waals surface area contributed by atoms with Crippen molar-refractivity contribution >= 4 is 52.4 Å². The highest BCUT2D eigenvalue weighted by Gasteiger charge is 2.49. The van der Waals surface area contributed by atoms with Crippen LogP contribution in [0.15, 0.2) is 66.4 Å². The van der Waals surface area contributed by atoms with Crippen molar-refractivity contribution < 1.29 is 82.7 Å². The van der Waals surface area contributed by atoms with Crippen LogP contribution < -0.4 is 5.46 Å². The molecule has 2 amide bonds. The van der Waals surface area contributed by atoms with Crippen LogP contribution in [0.3, 0.4) is 0 Å². The number of nitrogens with zero attached hydrogens (tertiary/aromatic N) is 4. The number of amides is 2. The molecule has 2 N–H and O–H groups in total. The maximum Gasteiger partial charge on any atom is 0.534 e. The fraction of sp³-hybridized carbons (Fsp3) is 0.608. The number of benzene rings is 2. The molecule has 2 saturated heterocycles. The number of likely N-dealkylation sites (tertiary alicyclic amines) is 2. The summed E-state index contributed by atoms with van der Waals surface area (Å²) >= 11 is 0. The molecule has 2 aromatic carbocycles. The molecule has 0 bridgehead atoms. The lowest BCUT2D eigenvalue weighted by atomic mass is 9.80. The van der Waals surface area contributed by atoms with E-state index in [1.165, 1.54) is 48.0 Å². The summed E-state index contributed by atoms with van der Waals surface area (Å²) in [6, 6.07) is 10.5. The molecular formula is C51H72BF5N4O13S. The highest BCUT2D eigenvalue weighted by Crippen LogP contribution is 2.33. The van der Waals surface area contributed by atoms with Gasteiger partial charge in [-0.05, 0) is 146 Å². The van der Waals surface area contributed by atoms with Crippen molar-refractivity contribution in [2.24, 2.45) is 11.8 Å². The van der Waals surface area contributed by atoms with Crippen LogP contribution in [0.2, 0.25) is 0 Å². The van der Waals surface area contributed by atoms with E-state index in [2.05, 4.69) is 15.2 Å². The van der Waals surface area contributed by atoms with Crippen molar-refractivity contribution in [3.05, 3.63) is 83.6 Å². The SMILES string of the molecule is CCOC(=O)C(C1CCN(C(=O)OC(C)(C)C)CC1)N1CC=C(OS(=O)(=O)C(F)(F)F)CC1.CCOC(=O)C(C1CCN(C(=O)OC(C)(C)C)CC1)N1CC=C(c2ccc(F)cc2)CC1.OB(O)c1ccc(F)cc1. The minimum Gasteiger partial charge on any atom is -0.465 e. The highest BCUT2D eigenvalue weighted by atomic mass is 32.2. The predicted molar refractivity (Wildman–Crippen MR) is 269 cm³/mol. The van der Waals surface area contributed by atoms with Crippen LogP contribution in [-0.4, -0.2) is 164 Å². The summed E-state index contributed by atoms with van der Waals surface area (Å²) in [5, 5.41) is 17.1. The fourth-order valence-corrected chi connectivity index (χ4v) is 9.39. The van der Waals surface area contributed by atoms with Gasteiger partial charge in [0.2, 0.25) is 0 Å². The largest absolute Gasteiger partial charge is 0.534 e. The van der Waals surface area contributed by atoms with Crippen molar-refractivity contribution in [1.82, 2.24) is 19.6 Å². The van der Waals surface area contributed by atoms with E-state index in [-0.39, 0.29) is 73.5 Å². The van der Waals surface area contributed by atoms with Gasteiger partial charge < -0.3 is 43.0 Å². The topological polar surface area (TPSA) is 202 Å². The van der Waals surface area contributed by atoms with E-state index in [1.54, 1.807) is 54.5 Å². The number of rotatable bonds is 12. The second-order valence-corrected chi connectivity index (χ2v) is 21.8. The first-order valence-corrected chi connectivity index (χ1v) is 26.5. The van der Waals surface area contributed by atoms with Gasteiger partial charge in [-0.3, -0.25) is 19.4 Å². The molecule has 4 aliphatic heterocycles. The summed E-state index contributed by atoms with van der Waals surface area (Å²) in [6.07, 6.45) is 5.79. The number of esters is 2. The third-order valence-corrected chi connectivity index (χ3v) is 13.4. The van der Waals surface area contributed by atoms with Crippen LogP contribution in [0.25, 0.3) is 5.57 Å². The molecular weight excluding hydrogens is 1010 g/mol. The number of ether oxygens (including phenoxy) is 4. The van der Waals surface area contributed by atoms with Gasteiger partial charge in [-0.2, -0.15) is 21.6 Å². The number of alkyl halides is 3. The predicted octanol–water partition coefficient (Wildman–Crippen LogP) is 7.02. The molecule has 17 nitrogen and oxygen atoms in total. The second kappa shape index (κ2) is 27.7. The molecule has 2 unspecified atom stereocenters. The maximum absolute atomic E-state index is 13.2.